The Morgan fingerprint density at radius 1 is 1.11 bits per heavy atom. The molecule has 0 spiro atoms. The average Bonchev–Trinajstić information content (AvgIpc) is 2.30. The second-order valence-electron chi connectivity index (χ2n) is 4.42. The first-order valence-electron chi connectivity index (χ1n) is 5.80. The van der Waals surface area contributed by atoms with Gasteiger partial charge >= 0.3 is 0 Å². The van der Waals surface area contributed by atoms with Crippen LogP contribution in [0.2, 0.25) is 0 Å². The number of hydrogen-bond acceptors (Lipinski definition) is 2. The van der Waals surface area contributed by atoms with Crippen LogP contribution in [0.15, 0.2) is 40.9 Å². The zero-order valence-electron chi connectivity index (χ0n) is 10.5. The van der Waals surface area contributed by atoms with Crippen LogP contribution in [0.25, 0.3) is 0 Å². The molecule has 3 heteroatoms. The fourth-order valence-electron chi connectivity index (χ4n) is 1.92. The van der Waals surface area contributed by atoms with Gasteiger partial charge in [-0.05, 0) is 48.7 Å². The van der Waals surface area contributed by atoms with Gasteiger partial charge in [0.2, 0.25) is 0 Å². The van der Waals surface area contributed by atoms with Crippen molar-refractivity contribution in [1.29, 1.82) is 0 Å². The van der Waals surface area contributed by atoms with Crippen LogP contribution in [0, 0.1) is 13.8 Å². The van der Waals surface area contributed by atoms with E-state index in [-0.39, 0.29) is 0 Å². The number of rotatable bonds is 3. The first-order valence-corrected chi connectivity index (χ1v) is 6.59. The molecule has 0 aliphatic heterocycles. The van der Waals surface area contributed by atoms with Crippen molar-refractivity contribution in [2.75, 3.05) is 5.73 Å². The van der Waals surface area contributed by atoms with Crippen LogP contribution < -0.4 is 10.5 Å². The summed E-state index contributed by atoms with van der Waals surface area (Å²) in [5.74, 6) is 0.781. The summed E-state index contributed by atoms with van der Waals surface area (Å²) < 4.78 is 6.88. The number of nitrogen functional groups attached to an aromatic ring is 1. The Morgan fingerprint density at radius 3 is 2.39 bits per heavy atom. The highest BCUT2D eigenvalue weighted by atomic mass is 79.9. The number of ether oxygens (including phenoxy) is 1. The summed E-state index contributed by atoms with van der Waals surface area (Å²) in [6.45, 7) is 4.57. The van der Waals surface area contributed by atoms with Gasteiger partial charge in [-0.3, -0.25) is 0 Å². The molecule has 2 nitrogen and oxygen atoms in total. The monoisotopic (exact) mass is 305 g/mol. The summed E-state index contributed by atoms with van der Waals surface area (Å²) in [5, 5.41) is 0. The molecule has 2 N–H and O–H groups in total. The van der Waals surface area contributed by atoms with Gasteiger partial charge in [-0.15, -0.1) is 0 Å². The normalized spacial score (nSPS) is 10.4. The molecule has 0 bridgehead atoms. The van der Waals surface area contributed by atoms with Crippen LogP contribution in [-0.2, 0) is 6.61 Å². The van der Waals surface area contributed by atoms with E-state index < -0.39 is 0 Å². The van der Waals surface area contributed by atoms with E-state index in [4.69, 9.17) is 10.5 Å². The van der Waals surface area contributed by atoms with E-state index in [1.54, 1.807) is 0 Å². The Hall–Kier alpha value is -1.48. The van der Waals surface area contributed by atoms with E-state index in [0.717, 1.165) is 26.9 Å². The van der Waals surface area contributed by atoms with Gasteiger partial charge in [-0.2, -0.15) is 0 Å². The fourth-order valence-corrected chi connectivity index (χ4v) is 2.18. The van der Waals surface area contributed by atoms with Gasteiger partial charge in [0.1, 0.15) is 12.4 Å². The van der Waals surface area contributed by atoms with E-state index in [1.165, 1.54) is 0 Å². The zero-order chi connectivity index (χ0) is 13.1. The summed E-state index contributed by atoms with van der Waals surface area (Å²) in [6, 6.07) is 12.1. The molecule has 2 rings (SSSR count). The van der Waals surface area contributed by atoms with Crippen molar-refractivity contribution >= 4 is 21.6 Å². The molecule has 0 fully saturated rings. The molecule has 0 heterocycles. The molecule has 0 unspecified atom stereocenters. The van der Waals surface area contributed by atoms with E-state index in [9.17, 15) is 0 Å². The third-order valence-electron chi connectivity index (χ3n) is 2.74. The van der Waals surface area contributed by atoms with Crippen molar-refractivity contribution < 1.29 is 4.74 Å². The third kappa shape index (κ3) is 3.05. The van der Waals surface area contributed by atoms with Crippen LogP contribution in [0.3, 0.4) is 0 Å². The number of nitrogens with two attached hydrogens (primary N) is 1. The first-order chi connectivity index (χ1) is 8.56. The number of benzene rings is 2. The van der Waals surface area contributed by atoms with E-state index in [1.807, 2.05) is 44.2 Å². The highest BCUT2D eigenvalue weighted by Crippen LogP contribution is 2.28. The number of hydrogen-bond donors (Lipinski definition) is 1. The summed E-state index contributed by atoms with van der Waals surface area (Å²) in [6.07, 6.45) is 0. The van der Waals surface area contributed by atoms with Crippen molar-refractivity contribution in [3.05, 3.63) is 57.6 Å². The second-order valence-corrected chi connectivity index (χ2v) is 5.33. The lowest BCUT2D eigenvalue weighted by Gasteiger charge is -2.12. The average molecular weight is 306 g/mol. The standard InChI is InChI=1S/C15H16BrNO/c1-10-7-11(2)15(14(17)8-10)18-9-12-3-5-13(16)6-4-12/h3-8H,9,17H2,1-2H3. The molecule has 0 aliphatic carbocycles. The lowest BCUT2D eigenvalue weighted by molar-refractivity contribution is 0.306. The van der Waals surface area contributed by atoms with Crippen molar-refractivity contribution in [3.63, 3.8) is 0 Å². The van der Waals surface area contributed by atoms with Crippen LogP contribution in [0.4, 0.5) is 5.69 Å². The van der Waals surface area contributed by atoms with Crippen molar-refractivity contribution in [3.8, 4) is 5.75 Å². The largest absolute Gasteiger partial charge is 0.486 e. The smallest absolute Gasteiger partial charge is 0.145 e. The summed E-state index contributed by atoms with van der Waals surface area (Å²) in [4.78, 5) is 0. The molecule has 0 amide bonds. The van der Waals surface area contributed by atoms with E-state index in [0.29, 0.717) is 12.3 Å². The van der Waals surface area contributed by atoms with Gasteiger partial charge in [0, 0.05) is 4.47 Å². The predicted octanol–water partition coefficient (Wildman–Crippen LogP) is 4.23. The summed E-state index contributed by atoms with van der Waals surface area (Å²) in [5.41, 5.74) is 10.0. The Morgan fingerprint density at radius 2 is 1.78 bits per heavy atom. The molecule has 18 heavy (non-hydrogen) atoms. The SMILES string of the molecule is Cc1cc(C)c(OCc2ccc(Br)cc2)c(N)c1. The molecular weight excluding hydrogens is 290 g/mol. The van der Waals surface area contributed by atoms with Gasteiger partial charge < -0.3 is 10.5 Å². The van der Waals surface area contributed by atoms with E-state index >= 15 is 0 Å². The Kier molecular flexibility index (Phi) is 3.92. The minimum Gasteiger partial charge on any atom is -0.486 e. The van der Waals surface area contributed by atoms with Crippen LogP contribution in [-0.4, -0.2) is 0 Å². The molecule has 0 aromatic heterocycles. The quantitative estimate of drug-likeness (QED) is 0.861. The molecule has 0 atom stereocenters. The van der Waals surface area contributed by atoms with Gasteiger partial charge in [-0.1, -0.05) is 34.1 Å². The maximum atomic E-state index is 5.98. The summed E-state index contributed by atoms with van der Waals surface area (Å²) >= 11 is 3.41. The molecule has 2 aromatic carbocycles. The predicted molar refractivity (Wildman–Crippen MR) is 78.8 cm³/mol. The van der Waals surface area contributed by atoms with Crippen molar-refractivity contribution in [1.82, 2.24) is 0 Å². The van der Waals surface area contributed by atoms with Crippen LogP contribution in [0.5, 0.6) is 5.75 Å². The number of halogens is 1. The minimum atomic E-state index is 0.529. The van der Waals surface area contributed by atoms with Crippen LogP contribution in [0.1, 0.15) is 16.7 Å². The number of aryl methyl sites for hydroxylation is 2. The van der Waals surface area contributed by atoms with Crippen molar-refractivity contribution in [2.45, 2.75) is 20.5 Å². The highest BCUT2D eigenvalue weighted by Gasteiger charge is 2.06. The third-order valence-corrected chi connectivity index (χ3v) is 3.27. The molecule has 0 radical (unpaired) electrons. The Bertz CT molecular complexity index is 526. The second kappa shape index (κ2) is 5.44. The number of anilines is 1. The van der Waals surface area contributed by atoms with E-state index in [2.05, 4.69) is 22.0 Å². The maximum Gasteiger partial charge on any atom is 0.145 e. The molecule has 2 aromatic rings. The first kappa shape index (κ1) is 13.0. The Labute approximate surface area is 116 Å². The maximum absolute atomic E-state index is 5.98. The molecule has 0 saturated carbocycles. The van der Waals surface area contributed by atoms with Gasteiger partial charge in [0.05, 0.1) is 5.69 Å². The molecular formula is C15H16BrNO. The molecule has 0 aliphatic rings. The van der Waals surface area contributed by atoms with Gasteiger partial charge in [0.15, 0.2) is 0 Å². The molecule has 0 saturated heterocycles. The van der Waals surface area contributed by atoms with Crippen molar-refractivity contribution in [2.24, 2.45) is 0 Å². The zero-order valence-corrected chi connectivity index (χ0v) is 12.1. The Balaban J connectivity index is 2.13. The lowest BCUT2D eigenvalue weighted by atomic mass is 10.1. The van der Waals surface area contributed by atoms with Crippen LogP contribution >= 0.6 is 15.9 Å². The minimum absolute atomic E-state index is 0.529. The lowest BCUT2D eigenvalue weighted by Crippen LogP contribution is -2.01. The molecule has 94 valence electrons. The summed E-state index contributed by atoms with van der Waals surface area (Å²) in [7, 11) is 0. The fraction of sp³-hybridized carbons (Fsp3) is 0.200. The van der Waals surface area contributed by atoms with Gasteiger partial charge in [0.25, 0.3) is 0 Å². The topological polar surface area (TPSA) is 35.2 Å². The van der Waals surface area contributed by atoms with Gasteiger partial charge in [-0.25, -0.2) is 0 Å². The highest BCUT2D eigenvalue weighted by molar-refractivity contribution is 9.10.